The number of phenolic OH excluding ortho intramolecular Hbond substituents is 1. The molecule has 0 amide bonds. The van der Waals surface area contributed by atoms with Gasteiger partial charge in [0, 0.05) is 57.3 Å². The molecule has 1 atom stereocenters. The Labute approximate surface area is 434 Å². The SMILES string of the molecule is CCc1cc2c(cc1N=Nc1cc(C)c(N=Nc3ccc(C=O)cc3)c(C)c1)O2.CCc1ccc(NC/C=C\c2c(P)cc(S)c(N=N)c2O)cc1.CNc1ccc2cc(S)cc(OCCCCS)c2c1. The first kappa shape index (κ1) is 53.8. The second-order valence-corrected chi connectivity index (χ2v) is 18.4. The average Bonchev–Trinajstić information content (AvgIpc) is 4.15. The molecule has 366 valence electrons. The average molecular weight is 1020 g/mol. The van der Waals surface area contributed by atoms with Crippen LogP contribution in [0, 0.1) is 19.4 Å². The lowest BCUT2D eigenvalue weighted by Crippen LogP contribution is -2.00. The Balaban J connectivity index is 0.000000179. The number of anilines is 2. The Hall–Kier alpha value is -6.51. The van der Waals surface area contributed by atoms with Gasteiger partial charge in [0.25, 0.3) is 0 Å². The van der Waals surface area contributed by atoms with Crippen molar-refractivity contribution in [3.8, 4) is 23.0 Å². The van der Waals surface area contributed by atoms with Crippen molar-refractivity contribution >= 4 is 115 Å². The van der Waals surface area contributed by atoms with Gasteiger partial charge in [-0.15, -0.1) is 34.5 Å². The largest absolute Gasteiger partial charge is 0.505 e. The van der Waals surface area contributed by atoms with Gasteiger partial charge in [0.2, 0.25) is 0 Å². The number of hydrogen-bond donors (Lipinski definition) is 7. The van der Waals surface area contributed by atoms with Crippen LogP contribution in [0.4, 0.5) is 39.8 Å². The highest BCUT2D eigenvalue weighted by Crippen LogP contribution is 2.49. The summed E-state index contributed by atoms with van der Waals surface area (Å²) in [6.45, 7) is 9.52. The molecule has 1 aliphatic heterocycles. The molecule has 7 aromatic rings. The van der Waals surface area contributed by atoms with E-state index in [0.29, 0.717) is 28.3 Å². The van der Waals surface area contributed by atoms with E-state index in [-0.39, 0.29) is 11.4 Å². The molecule has 7 aromatic carbocycles. The van der Waals surface area contributed by atoms with Gasteiger partial charge < -0.3 is 25.2 Å². The Morgan fingerprint density at radius 3 is 2.15 bits per heavy atom. The summed E-state index contributed by atoms with van der Waals surface area (Å²) >= 11 is 12.9. The molecule has 0 aromatic heterocycles. The third-order valence-electron chi connectivity index (χ3n) is 11.3. The summed E-state index contributed by atoms with van der Waals surface area (Å²) in [6, 6.07) is 35.2. The quantitative estimate of drug-likeness (QED) is 0.0113. The number of aldehydes is 1. The maximum absolute atomic E-state index is 10.7. The molecule has 0 aliphatic carbocycles. The van der Waals surface area contributed by atoms with Crippen LogP contribution in [0.3, 0.4) is 0 Å². The number of fused-ring (bicyclic) bond motifs is 2. The molecule has 16 heteroatoms. The van der Waals surface area contributed by atoms with Gasteiger partial charge in [0.1, 0.15) is 17.7 Å². The van der Waals surface area contributed by atoms with Crippen molar-refractivity contribution in [2.75, 3.05) is 36.6 Å². The topological polar surface area (TPSA) is 169 Å². The molecule has 0 fully saturated rings. The third-order valence-corrected chi connectivity index (χ3v) is 12.6. The molecular formula is C55H59N8O4PS3. The first-order chi connectivity index (χ1) is 34.4. The molecule has 0 bridgehead atoms. The summed E-state index contributed by atoms with van der Waals surface area (Å²) in [5.74, 6) is 3.59. The first-order valence-corrected chi connectivity index (χ1v) is 25.2. The van der Waals surface area contributed by atoms with Crippen LogP contribution in [0.15, 0.2) is 151 Å². The molecule has 1 aliphatic rings. The number of hydrogen-bond acceptors (Lipinski definition) is 15. The van der Waals surface area contributed by atoms with Crippen molar-refractivity contribution in [3.05, 3.63) is 149 Å². The highest BCUT2D eigenvalue weighted by Gasteiger charge is 2.22. The molecule has 12 nitrogen and oxygen atoms in total. The molecule has 0 saturated heterocycles. The first-order valence-electron chi connectivity index (χ1n) is 23.1. The Kier molecular flexibility index (Phi) is 20.2. The van der Waals surface area contributed by atoms with Crippen LogP contribution in [0.5, 0.6) is 23.0 Å². The fourth-order valence-corrected chi connectivity index (χ4v) is 8.58. The number of carbonyl (C=O) groups excluding carboxylic acids is 1. The van der Waals surface area contributed by atoms with Gasteiger partial charge in [0.15, 0.2) is 17.2 Å². The van der Waals surface area contributed by atoms with Gasteiger partial charge in [0.05, 0.1) is 29.4 Å². The zero-order valence-electron chi connectivity index (χ0n) is 40.4. The van der Waals surface area contributed by atoms with E-state index in [4.69, 9.17) is 15.0 Å². The summed E-state index contributed by atoms with van der Waals surface area (Å²) in [5, 5.41) is 40.5. The highest BCUT2D eigenvalue weighted by atomic mass is 32.1. The number of azo groups is 2. The zero-order valence-corrected chi connectivity index (χ0v) is 44.2. The molecule has 71 heavy (non-hydrogen) atoms. The number of nitrogens with zero attached hydrogens (tertiary/aromatic N) is 5. The third kappa shape index (κ3) is 15.2. The van der Waals surface area contributed by atoms with Gasteiger partial charge in [-0.05, 0) is 163 Å². The Morgan fingerprint density at radius 2 is 1.49 bits per heavy atom. The molecule has 8 rings (SSSR count). The summed E-state index contributed by atoms with van der Waals surface area (Å²) < 4.78 is 11.3. The van der Waals surface area contributed by atoms with E-state index in [9.17, 15) is 9.90 Å². The van der Waals surface area contributed by atoms with Crippen molar-refractivity contribution in [2.24, 2.45) is 25.6 Å². The lowest BCUT2D eigenvalue weighted by Gasteiger charge is -2.11. The number of ether oxygens (including phenoxy) is 2. The van der Waals surface area contributed by atoms with E-state index >= 15 is 0 Å². The number of rotatable bonds is 18. The minimum atomic E-state index is -0.0268. The van der Waals surface area contributed by atoms with E-state index in [0.717, 1.165) is 128 Å². The normalized spacial score (nSPS) is 11.4. The van der Waals surface area contributed by atoms with Crippen molar-refractivity contribution in [3.63, 3.8) is 0 Å². The maximum Gasteiger partial charge on any atom is 0.172 e. The molecule has 1 unspecified atom stereocenters. The summed E-state index contributed by atoms with van der Waals surface area (Å²) in [4.78, 5) is 12.1. The molecule has 0 saturated carbocycles. The number of phenols is 1. The van der Waals surface area contributed by atoms with Gasteiger partial charge in [-0.2, -0.15) is 38.2 Å². The second-order valence-electron chi connectivity index (χ2n) is 16.4. The monoisotopic (exact) mass is 1020 g/mol. The molecular weight excluding hydrogens is 964 g/mol. The van der Waals surface area contributed by atoms with Crippen LogP contribution in [-0.2, 0) is 12.8 Å². The number of thiol groups is 3. The van der Waals surface area contributed by atoms with Gasteiger partial charge in [-0.1, -0.05) is 44.2 Å². The number of unbranched alkanes of at least 4 members (excludes halogenated alkanes) is 1. The van der Waals surface area contributed by atoms with E-state index < -0.39 is 0 Å². The van der Waals surface area contributed by atoms with Crippen LogP contribution in [-0.4, -0.2) is 37.3 Å². The predicted molar refractivity (Wildman–Crippen MR) is 304 cm³/mol. The van der Waals surface area contributed by atoms with Crippen LogP contribution in [0.2, 0.25) is 0 Å². The van der Waals surface area contributed by atoms with Crippen LogP contribution < -0.4 is 25.4 Å². The summed E-state index contributed by atoms with van der Waals surface area (Å²) in [6.07, 6.45) is 8.53. The molecule has 1 heterocycles. The molecule has 4 N–H and O–H groups in total. The predicted octanol–water partition coefficient (Wildman–Crippen LogP) is 16.4. The number of aromatic hydroxyl groups is 1. The number of benzene rings is 7. The lowest BCUT2D eigenvalue weighted by atomic mass is 10.1. The van der Waals surface area contributed by atoms with Crippen LogP contribution in [0.25, 0.3) is 16.8 Å². The standard InChI is InChI=1S/C23H20N4O2.C17H20N3OPS.C15H19NOS2/c1-4-17-11-21-22(29-21)12-20(17)26-25-19-9-14(2)23(15(3)10-19)27-24-18-7-5-16(13-28)6-8-18;1-2-11-5-7-12(8-6-11)19-9-3-4-13-14(22)10-15(23)16(20-18)17(13)21;1-16-12-5-4-11-8-13(19)10-15(14(11)9-12)17-6-2-3-7-18/h5-13H,4H2,1-3H3;3-8,10,18-19,21,23H,2,9,22H2,1H3;4-5,8-10,16,18-19H,2-3,6-7H2,1H3/b;4-3-,20-18?;. The summed E-state index contributed by atoms with van der Waals surface area (Å²) in [7, 11) is 4.48. The van der Waals surface area contributed by atoms with Crippen LogP contribution in [0.1, 0.15) is 64.9 Å². The van der Waals surface area contributed by atoms with Gasteiger partial charge in [-0.25, -0.2) is 5.53 Å². The van der Waals surface area contributed by atoms with Crippen molar-refractivity contribution in [1.29, 1.82) is 5.53 Å². The van der Waals surface area contributed by atoms with Crippen molar-refractivity contribution in [2.45, 2.75) is 63.2 Å². The second kappa shape index (κ2) is 26.6. The van der Waals surface area contributed by atoms with E-state index in [1.54, 1.807) is 30.3 Å². The van der Waals surface area contributed by atoms with E-state index in [1.165, 1.54) is 5.56 Å². The maximum atomic E-state index is 10.7. The van der Waals surface area contributed by atoms with E-state index in [1.807, 2.05) is 63.4 Å². The zero-order chi connectivity index (χ0) is 50.9. The fourth-order valence-electron chi connectivity index (χ4n) is 7.26. The van der Waals surface area contributed by atoms with Crippen LogP contribution >= 0.6 is 47.1 Å². The van der Waals surface area contributed by atoms with Crippen molar-refractivity contribution < 1.29 is 19.4 Å². The Morgan fingerprint density at radius 1 is 0.789 bits per heavy atom. The number of nitrogens with one attached hydrogen (secondary N) is 3. The number of aryl methyl sites for hydroxylation is 4. The molecule has 0 radical (unpaired) electrons. The minimum Gasteiger partial charge on any atom is -0.505 e. The lowest BCUT2D eigenvalue weighted by molar-refractivity contribution is 0.112. The highest BCUT2D eigenvalue weighted by molar-refractivity contribution is 7.80. The smallest absolute Gasteiger partial charge is 0.172 e. The van der Waals surface area contributed by atoms with Crippen molar-refractivity contribution in [1.82, 2.24) is 0 Å². The van der Waals surface area contributed by atoms with Gasteiger partial charge >= 0.3 is 0 Å². The van der Waals surface area contributed by atoms with E-state index in [2.05, 4.69) is 146 Å². The number of carbonyl (C=O) groups is 1. The minimum absolute atomic E-state index is 0.0268. The Bertz CT molecular complexity index is 3050. The molecule has 0 spiro atoms. The van der Waals surface area contributed by atoms with Gasteiger partial charge in [-0.3, -0.25) is 4.79 Å². The summed E-state index contributed by atoms with van der Waals surface area (Å²) in [5.41, 5.74) is 18.1. The fraction of sp³-hybridized carbons (Fsp3) is 0.218.